The molecule has 0 fully saturated rings. The summed E-state index contributed by atoms with van der Waals surface area (Å²) in [5, 5.41) is 0. The van der Waals surface area contributed by atoms with Crippen LogP contribution >= 0.6 is 23.2 Å². The third-order valence-corrected chi connectivity index (χ3v) is 3.13. The van der Waals surface area contributed by atoms with Crippen LogP contribution in [-0.2, 0) is 19.1 Å². The third kappa shape index (κ3) is 13.9. The quantitative estimate of drug-likeness (QED) is 0.294. The van der Waals surface area contributed by atoms with E-state index in [1.54, 1.807) is 0 Å². The second kappa shape index (κ2) is 14.9. The van der Waals surface area contributed by atoms with E-state index >= 15 is 0 Å². The van der Waals surface area contributed by atoms with Crippen molar-refractivity contribution in [3.8, 4) is 0 Å². The van der Waals surface area contributed by atoms with Gasteiger partial charge in [0.05, 0.1) is 13.2 Å². The number of hydrogen-bond acceptors (Lipinski definition) is 4. The molecular formula is C14H24Cl2O4. The number of ether oxygens (including phenoxy) is 2. The number of carbonyl (C=O) groups is 2. The molecule has 0 atom stereocenters. The Bertz CT molecular complexity index is 234. The molecule has 0 aliphatic heterocycles. The molecule has 0 aliphatic rings. The van der Waals surface area contributed by atoms with Gasteiger partial charge in [0.15, 0.2) is 0 Å². The standard InChI is InChI=1S/C14H24Cl2O4/c15-9-3-5-11-19-13(17)7-1-2-8-14(18)20-12-6-4-10-16/h1-12H2. The zero-order valence-corrected chi connectivity index (χ0v) is 13.4. The molecule has 6 heteroatoms. The molecule has 0 bridgehead atoms. The third-order valence-electron chi connectivity index (χ3n) is 2.59. The minimum atomic E-state index is -0.213. The number of rotatable bonds is 13. The maximum atomic E-state index is 11.3. The normalized spacial score (nSPS) is 10.3. The lowest BCUT2D eigenvalue weighted by atomic mass is 10.2. The first-order valence-electron chi connectivity index (χ1n) is 7.14. The van der Waals surface area contributed by atoms with Gasteiger partial charge in [-0.2, -0.15) is 0 Å². The number of unbranched alkanes of at least 4 members (excludes halogenated alkanes) is 3. The number of halogens is 2. The highest BCUT2D eigenvalue weighted by atomic mass is 35.5. The van der Waals surface area contributed by atoms with Crippen LogP contribution in [0.15, 0.2) is 0 Å². The lowest BCUT2D eigenvalue weighted by molar-refractivity contribution is -0.146. The monoisotopic (exact) mass is 326 g/mol. The number of alkyl halides is 2. The van der Waals surface area contributed by atoms with E-state index in [0.29, 0.717) is 50.7 Å². The highest BCUT2D eigenvalue weighted by molar-refractivity contribution is 6.18. The number of esters is 2. The van der Waals surface area contributed by atoms with Crippen LogP contribution in [0.5, 0.6) is 0 Å². The van der Waals surface area contributed by atoms with E-state index in [1.165, 1.54) is 0 Å². The van der Waals surface area contributed by atoms with E-state index in [0.717, 1.165) is 25.7 Å². The van der Waals surface area contributed by atoms with Crippen LogP contribution in [-0.4, -0.2) is 36.9 Å². The van der Waals surface area contributed by atoms with Gasteiger partial charge in [0.25, 0.3) is 0 Å². The molecule has 0 N–H and O–H groups in total. The van der Waals surface area contributed by atoms with Gasteiger partial charge in [-0.15, -0.1) is 23.2 Å². The maximum absolute atomic E-state index is 11.3. The summed E-state index contributed by atoms with van der Waals surface area (Å²) in [4.78, 5) is 22.6. The van der Waals surface area contributed by atoms with Gasteiger partial charge in [-0.1, -0.05) is 0 Å². The highest BCUT2D eigenvalue weighted by Gasteiger charge is 2.05. The molecule has 0 aromatic rings. The van der Waals surface area contributed by atoms with E-state index in [9.17, 15) is 9.59 Å². The smallest absolute Gasteiger partial charge is 0.305 e. The van der Waals surface area contributed by atoms with Crippen LogP contribution in [0.1, 0.15) is 51.4 Å². The zero-order valence-electron chi connectivity index (χ0n) is 11.9. The van der Waals surface area contributed by atoms with Gasteiger partial charge in [-0.3, -0.25) is 9.59 Å². The van der Waals surface area contributed by atoms with Crippen LogP contribution in [0.2, 0.25) is 0 Å². The van der Waals surface area contributed by atoms with E-state index in [1.807, 2.05) is 0 Å². The minimum absolute atomic E-state index is 0.213. The van der Waals surface area contributed by atoms with Crippen molar-refractivity contribution >= 4 is 35.1 Å². The molecule has 0 spiro atoms. The van der Waals surface area contributed by atoms with Gasteiger partial charge in [0.1, 0.15) is 0 Å². The maximum Gasteiger partial charge on any atom is 0.305 e. The molecule has 0 amide bonds. The van der Waals surface area contributed by atoms with Crippen molar-refractivity contribution < 1.29 is 19.1 Å². The van der Waals surface area contributed by atoms with Crippen molar-refractivity contribution in [3.63, 3.8) is 0 Å². The van der Waals surface area contributed by atoms with Crippen molar-refractivity contribution in [2.45, 2.75) is 51.4 Å². The Kier molecular flexibility index (Phi) is 14.6. The van der Waals surface area contributed by atoms with Crippen LogP contribution in [0.3, 0.4) is 0 Å². The first-order chi connectivity index (χ1) is 9.70. The fourth-order valence-electron chi connectivity index (χ4n) is 1.45. The number of hydrogen-bond donors (Lipinski definition) is 0. The van der Waals surface area contributed by atoms with E-state index in [2.05, 4.69) is 0 Å². The summed E-state index contributed by atoms with van der Waals surface area (Å²) < 4.78 is 10.0. The van der Waals surface area contributed by atoms with E-state index < -0.39 is 0 Å². The summed E-state index contributed by atoms with van der Waals surface area (Å²) in [5.74, 6) is 0.750. The van der Waals surface area contributed by atoms with Crippen molar-refractivity contribution in [1.29, 1.82) is 0 Å². The average molecular weight is 327 g/mol. The Balaban J connectivity index is 3.32. The van der Waals surface area contributed by atoms with Gasteiger partial charge in [-0.25, -0.2) is 0 Å². The molecule has 0 saturated carbocycles. The van der Waals surface area contributed by atoms with E-state index in [4.69, 9.17) is 32.7 Å². The van der Waals surface area contributed by atoms with Crippen molar-refractivity contribution in [1.82, 2.24) is 0 Å². The SMILES string of the molecule is O=C(CCCCC(=O)OCCCCCl)OCCCCCl. The highest BCUT2D eigenvalue weighted by Crippen LogP contribution is 2.04. The molecule has 0 unspecified atom stereocenters. The van der Waals surface area contributed by atoms with Crippen LogP contribution in [0.25, 0.3) is 0 Å². The summed E-state index contributed by atoms with van der Waals surface area (Å²) in [7, 11) is 0. The average Bonchev–Trinajstić information content (AvgIpc) is 2.44. The van der Waals surface area contributed by atoms with Crippen LogP contribution in [0.4, 0.5) is 0 Å². The second-order valence-corrected chi connectivity index (χ2v) is 5.20. The molecule has 20 heavy (non-hydrogen) atoms. The zero-order chi connectivity index (χ0) is 15.1. The first-order valence-corrected chi connectivity index (χ1v) is 8.20. The lowest BCUT2D eigenvalue weighted by Crippen LogP contribution is -2.08. The number of carbonyl (C=O) groups excluding carboxylic acids is 2. The minimum Gasteiger partial charge on any atom is -0.466 e. The van der Waals surface area contributed by atoms with Gasteiger partial charge in [0.2, 0.25) is 0 Å². The largest absolute Gasteiger partial charge is 0.466 e. The van der Waals surface area contributed by atoms with Gasteiger partial charge in [0, 0.05) is 24.6 Å². The summed E-state index contributed by atoms with van der Waals surface area (Å²) >= 11 is 11.0. The predicted molar refractivity (Wildman–Crippen MR) is 80.3 cm³/mol. The summed E-state index contributed by atoms with van der Waals surface area (Å²) in [5.41, 5.74) is 0. The van der Waals surface area contributed by atoms with Gasteiger partial charge >= 0.3 is 11.9 Å². The molecule has 0 radical (unpaired) electrons. The van der Waals surface area contributed by atoms with Crippen molar-refractivity contribution in [2.24, 2.45) is 0 Å². The first kappa shape index (κ1) is 19.5. The van der Waals surface area contributed by atoms with Gasteiger partial charge < -0.3 is 9.47 Å². The van der Waals surface area contributed by atoms with E-state index in [-0.39, 0.29) is 11.9 Å². The lowest BCUT2D eigenvalue weighted by Gasteiger charge is -2.05. The van der Waals surface area contributed by atoms with Gasteiger partial charge in [-0.05, 0) is 38.5 Å². The molecule has 0 aromatic heterocycles. The molecule has 0 aliphatic carbocycles. The topological polar surface area (TPSA) is 52.6 Å². The second-order valence-electron chi connectivity index (χ2n) is 4.44. The molecule has 4 nitrogen and oxygen atoms in total. The Morgan fingerprint density at radius 1 is 0.650 bits per heavy atom. The van der Waals surface area contributed by atoms with Crippen LogP contribution < -0.4 is 0 Å². The molecule has 0 saturated heterocycles. The molecule has 118 valence electrons. The predicted octanol–water partition coefficient (Wildman–Crippen LogP) is 3.67. The summed E-state index contributed by atoms with van der Waals surface area (Å²) in [6.45, 7) is 0.850. The van der Waals surface area contributed by atoms with Crippen LogP contribution in [0, 0.1) is 0 Å². The summed E-state index contributed by atoms with van der Waals surface area (Å²) in [6, 6.07) is 0. The van der Waals surface area contributed by atoms with Crippen molar-refractivity contribution in [3.05, 3.63) is 0 Å². The fourth-order valence-corrected chi connectivity index (χ4v) is 1.83. The molecule has 0 rings (SSSR count). The molecular weight excluding hydrogens is 303 g/mol. The molecule has 0 heterocycles. The fraction of sp³-hybridized carbons (Fsp3) is 0.857. The molecule has 0 aromatic carbocycles. The summed E-state index contributed by atoms with van der Waals surface area (Å²) in [6.07, 6.45) is 5.28. The Labute approximate surface area is 131 Å². The Morgan fingerprint density at radius 2 is 1.05 bits per heavy atom. The van der Waals surface area contributed by atoms with Crippen molar-refractivity contribution in [2.75, 3.05) is 25.0 Å². The Hall–Kier alpha value is -0.480. The Morgan fingerprint density at radius 3 is 1.40 bits per heavy atom.